The molecule has 1 aliphatic rings. The fourth-order valence-corrected chi connectivity index (χ4v) is 5.17. The molecule has 0 spiro atoms. The van der Waals surface area contributed by atoms with Gasteiger partial charge < -0.3 is 11.1 Å². The Hall–Kier alpha value is -3.24. The third-order valence-electron chi connectivity index (χ3n) is 5.16. The number of benzene rings is 1. The lowest BCUT2D eigenvalue weighted by atomic mass is 9.84. The Labute approximate surface area is 174 Å². The van der Waals surface area contributed by atoms with E-state index in [-0.39, 0.29) is 23.8 Å². The molecule has 0 atom stereocenters. The number of rotatable bonds is 4. The number of hydrogen-bond donors (Lipinski definition) is 3. The van der Waals surface area contributed by atoms with E-state index in [9.17, 15) is 13.2 Å². The Balaban J connectivity index is 1.68. The number of nitrogens with zero attached hydrogens (tertiary/aromatic N) is 3. The van der Waals surface area contributed by atoms with Gasteiger partial charge in [-0.2, -0.15) is 9.40 Å². The first kappa shape index (κ1) is 20.0. The van der Waals surface area contributed by atoms with Crippen molar-refractivity contribution < 1.29 is 13.2 Å². The topological polar surface area (TPSA) is 134 Å². The largest absolute Gasteiger partial charge is 0.398 e. The lowest BCUT2D eigenvalue weighted by Gasteiger charge is -2.36. The van der Waals surface area contributed by atoms with Gasteiger partial charge in [-0.25, -0.2) is 8.42 Å². The number of nitrogens with one attached hydrogen (secondary N) is 2. The molecule has 156 valence electrons. The molecular formula is C20H22N6O3S. The van der Waals surface area contributed by atoms with Crippen LogP contribution in [0.3, 0.4) is 0 Å². The molecule has 9 nitrogen and oxygen atoms in total. The van der Waals surface area contributed by atoms with E-state index in [4.69, 9.17) is 5.73 Å². The monoisotopic (exact) mass is 426 g/mol. The lowest BCUT2D eigenvalue weighted by molar-refractivity contribution is 0.102. The number of sulfonamides is 1. The van der Waals surface area contributed by atoms with Gasteiger partial charge in [0.05, 0.1) is 5.56 Å². The molecular weight excluding hydrogens is 404 g/mol. The van der Waals surface area contributed by atoms with E-state index in [0.717, 1.165) is 5.69 Å². The summed E-state index contributed by atoms with van der Waals surface area (Å²) in [5.41, 5.74) is 7.44. The Bertz CT molecular complexity index is 1200. The summed E-state index contributed by atoms with van der Waals surface area (Å²) in [6.07, 6.45) is 2.85. The van der Waals surface area contributed by atoms with Crippen molar-refractivity contribution in [2.75, 3.05) is 17.6 Å². The molecule has 3 heterocycles. The predicted molar refractivity (Wildman–Crippen MR) is 112 cm³/mol. The maximum absolute atomic E-state index is 13.2. The molecule has 3 aromatic rings. The summed E-state index contributed by atoms with van der Waals surface area (Å²) in [6, 6.07) is 9.82. The van der Waals surface area contributed by atoms with Crippen LogP contribution in [0.15, 0.2) is 53.7 Å². The van der Waals surface area contributed by atoms with Gasteiger partial charge in [0.15, 0.2) is 5.82 Å². The van der Waals surface area contributed by atoms with Crippen molar-refractivity contribution in [1.82, 2.24) is 19.5 Å². The zero-order valence-corrected chi connectivity index (χ0v) is 17.4. The van der Waals surface area contributed by atoms with Crippen LogP contribution < -0.4 is 11.1 Å². The first-order valence-electron chi connectivity index (χ1n) is 9.34. The van der Waals surface area contributed by atoms with Crippen LogP contribution in [-0.4, -0.2) is 40.4 Å². The fraction of sp³-hybridized carbons (Fsp3) is 0.250. The fourth-order valence-electron chi connectivity index (χ4n) is 3.63. The summed E-state index contributed by atoms with van der Waals surface area (Å²) in [5, 5.41) is 9.98. The van der Waals surface area contributed by atoms with Crippen molar-refractivity contribution in [1.29, 1.82) is 0 Å². The maximum atomic E-state index is 13.2. The Morgan fingerprint density at radius 2 is 2.00 bits per heavy atom. The van der Waals surface area contributed by atoms with Crippen LogP contribution in [0.5, 0.6) is 0 Å². The summed E-state index contributed by atoms with van der Waals surface area (Å²) in [5.74, 6) is -0.120. The standard InChI is InChI=1S/C20H22N6O3S/c1-20(2)12-26(30(28,29)13-6-5-9-22-10-13)11-15-17(20)24-25-18(15)23-19(27)14-7-3-4-8-16(14)21/h3-10H,11-12,21H2,1-2H3,(H2,23,24,25,27). The van der Waals surface area contributed by atoms with E-state index >= 15 is 0 Å². The molecule has 2 aromatic heterocycles. The number of aromatic amines is 1. The summed E-state index contributed by atoms with van der Waals surface area (Å²) in [7, 11) is -3.76. The molecule has 0 saturated carbocycles. The van der Waals surface area contributed by atoms with Gasteiger partial charge in [-0.3, -0.25) is 14.9 Å². The summed E-state index contributed by atoms with van der Waals surface area (Å²) < 4.78 is 27.7. The minimum absolute atomic E-state index is 0.0758. The summed E-state index contributed by atoms with van der Waals surface area (Å²) in [6.45, 7) is 4.19. The highest BCUT2D eigenvalue weighted by Crippen LogP contribution is 2.37. The number of anilines is 2. The number of nitrogens with two attached hydrogens (primary N) is 1. The minimum atomic E-state index is -3.76. The van der Waals surface area contributed by atoms with Crippen LogP contribution in [0.25, 0.3) is 0 Å². The highest BCUT2D eigenvalue weighted by molar-refractivity contribution is 7.89. The van der Waals surface area contributed by atoms with Crippen LogP contribution in [0.1, 0.15) is 35.5 Å². The SMILES string of the molecule is CC1(C)CN(S(=O)(=O)c2cccnc2)Cc2c(NC(=O)c3ccccc3N)n[nH]c21. The molecule has 1 amide bonds. The van der Waals surface area contributed by atoms with E-state index in [0.29, 0.717) is 16.8 Å². The van der Waals surface area contributed by atoms with Crippen molar-refractivity contribution in [2.24, 2.45) is 0 Å². The van der Waals surface area contributed by atoms with Crippen molar-refractivity contribution in [2.45, 2.75) is 30.7 Å². The summed E-state index contributed by atoms with van der Waals surface area (Å²) in [4.78, 5) is 16.7. The third kappa shape index (κ3) is 3.44. The second kappa shape index (κ2) is 7.22. The Morgan fingerprint density at radius 1 is 1.23 bits per heavy atom. The minimum Gasteiger partial charge on any atom is -0.398 e. The Morgan fingerprint density at radius 3 is 2.70 bits per heavy atom. The molecule has 4 rings (SSSR count). The molecule has 10 heteroatoms. The van der Waals surface area contributed by atoms with Crippen LogP contribution in [-0.2, 0) is 22.0 Å². The summed E-state index contributed by atoms with van der Waals surface area (Å²) >= 11 is 0. The van der Waals surface area contributed by atoms with Gasteiger partial charge in [-0.1, -0.05) is 26.0 Å². The van der Waals surface area contributed by atoms with E-state index in [1.807, 2.05) is 13.8 Å². The molecule has 0 fully saturated rings. The third-order valence-corrected chi connectivity index (χ3v) is 6.93. The lowest BCUT2D eigenvalue weighted by Crippen LogP contribution is -2.45. The molecule has 1 aromatic carbocycles. The number of carbonyl (C=O) groups excluding carboxylic acids is 1. The number of H-pyrrole nitrogens is 1. The normalized spacial score (nSPS) is 16.1. The van der Waals surface area contributed by atoms with Crippen molar-refractivity contribution in [3.63, 3.8) is 0 Å². The van der Waals surface area contributed by atoms with E-state index in [1.165, 1.54) is 22.8 Å². The second-order valence-corrected chi connectivity index (χ2v) is 9.75. The molecule has 0 bridgehead atoms. The van der Waals surface area contributed by atoms with E-state index < -0.39 is 21.3 Å². The second-order valence-electron chi connectivity index (χ2n) is 7.81. The molecule has 4 N–H and O–H groups in total. The molecule has 0 saturated heterocycles. The average Bonchev–Trinajstić information content (AvgIpc) is 3.12. The van der Waals surface area contributed by atoms with Gasteiger partial charge in [0, 0.05) is 47.8 Å². The smallest absolute Gasteiger partial charge is 0.258 e. The number of para-hydroxylation sites is 1. The number of carbonyl (C=O) groups is 1. The van der Waals surface area contributed by atoms with Crippen LogP contribution in [0, 0.1) is 0 Å². The number of fused-ring (bicyclic) bond motifs is 1. The molecule has 0 aliphatic carbocycles. The number of hydrogen-bond acceptors (Lipinski definition) is 6. The highest BCUT2D eigenvalue weighted by Gasteiger charge is 2.41. The number of pyridine rings is 1. The van der Waals surface area contributed by atoms with Gasteiger partial charge in [0.1, 0.15) is 4.90 Å². The van der Waals surface area contributed by atoms with Gasteiger partial charge >= 0.3 is 0 Å². The molecule has 30 heavy (non-hydrogen) atoms. The zero-order chi connectivity index (χ0) is 21.5. The first-order chi connectivity index (χ1) is 14.2. The van der Waals surface area contributed by atoms with Gasteiger partial charge in [-0.15, -0.1) is 0 Å². The van der Waals surface area contributed by atoms with Crippen LogP contribution in [0.2, 0.25) is 0 Å². The van der Waals surface area contributed by atoms with Crippen LogP contribution in [0.4, 0.5) is 11.5 Å². The predicted octanol–water partition coefficient (Wildman–Crippen LogP) is 2.12. The maximum Gasteiger partial charge on any atom is 0.258 e. The van der Waals surface area contributed by atoms with Gasteiger partial charge in [-0.05, 0) is 24.3 Å². The number of nitrogen functional groups attached to an aromatic ring is 1. The van der Waals surface area contributed by atoms with Gasteiger partial charge in [0.2, 0.25) is 10.0 Å². The first-order valence-corrected chi connectivity index (χ1v) is 10.8. The van der Waals surface area contributed by atoms with Crippen molar-refractivity contribution in [3.8, 4) is 0 Å². The van der Waals surface area contributed by atoms with Crippen LogP contribution >= 0.6 is 0 Å². The molecule has 1 aliphatic heterocycles. The van der Waals surface area contributed by atoms with Crippen molar-refractivity contribution >= 4 is 27.4 Å². The van der Waals surface area contributed by atoms with E-state index in [1.54, 1.807) is 30.3 Å². The Kier molecular flexibility index (Phi) is 4.83. The molecule has 0 unspecified atom stereocenters. The van der Waals surface area contributed by atoms with Crippen molar-refractivity contribution in [3.05, 3.63) is 65.6 Å². The van der Waals surface area contributed by atoms with Gasteiger partial charge in [0.25, 0.3) is 5.91 Å². The zero-order valence-electron chi connectivity index (χ0n) is 16.6. The molecule has 0 radical (unpaired) electrons. The van der Waals surface area contributed by atoms with E-state index in [2.05, 4.69) is 20.5 Å². The average molecular weight is 427 g/mol. The highest BCUT2D eigenvalue weighted by atomic mass is 32.2. The quantitative estimate of drug-likeness (QED) is 0.547. The number of aromatic nitrogens is 3. The number of amides is 1.